The van der Waals surface area contributed by atoms with Crippen LogP contribution in [0.15, 0.2) is 90.0 Å². The van der Waals surface area contributed by atoms with Gasteiger partial charge in [-0.3, -0.25) is 0 Å². The summed E-state index contributed by atoms with van der Waals surface area (Å²) in [5.74, 6) is 1.28. The van der Waals surface area contributed by atoms with Crippen LogP contribution in [0.4, 0.5) is 8.78 Å². The fourth-order valence-electron chi connectivity index (χ4n) is 4.39. The molecule has 0 aliphatic rings. The molecule has 5 aromatic rings. The number of methoxy groups -OCH3 is 1. The number of rotatable bonds is 9. The van der Waals surface area contributed by atoms with E-state index in [0.717, 1.165) is 34.0 Å². The first-order valence-electron chi connectivity index (χ1n) is 12.0. The highest BCUT2D eigenvalue weighted by atomic mass is 32.2. The molecule has 3 aromatic carbocycles. The molecule has 0 aliphatic heterocycles. The largest absolute Gasteiger partial charge is 0.481 e. The number of imidazole rings is 1. The lowest BCUT2D eigenvalue weighted by molar-refractivity contribution is -0.0504. The third-order valence-corrected chi connectivity index (χ3v) is 7.47. The summed E-state index contributed by atoms with van der Waals surface area (Å²) in [6.07, 6.45) is 3.28. The van der Waals surface area contributed by atoms with E-state index in [1.54, 1.807) is 61.8 Å². The Morgan fingerprint density at radius 1 is 0.949 bits per heavy atom. The number of fused-ring (bicyclic) bond motifs is 1. The standard InChI is InChI=1S/C29H25F2N3O4S/c1-37-28-14-10-21(17-32-28)20-9-13-24-25(16-20)34(18-22-5-3-4-6-26(22)38-29(30)31)27(33-24)15-19-7-11-23(12-8-19)39(2,35)36/h3-14,16-17,29H,15,18H2,1-2H3. The molecule has 200 valence electrons. The van der Waals surface area contributed by atoms with Crippen molar-refractivity contribution in [1.29, 1.82) is 0 Å². The summed E-state index contributed by atoms with van der Waals surface area (Å²) in [6, 6.07) is 22.8. The molecule has 0 saturated heterocycles. The molecule has 0 fully saturated rings. The van der Waals surface area contributed by atoms with Gasteiger partial charge in [0.25, 0.3) is 0 Å². The molecule has 7 nitrogen and oxygen atoms in total. The predicted octanol–water partition coefficient (Wildman–Crippen LogP) is 5.75. The highest BCUT2D eigenvalue weighted by Crippen LogP contribution is 2.29. The van der Waals surface area contributed by atoms with Crippen molar-refractivity contribution >= 4 is 20.9 Å². The number of ether oxygens (including phenoxy) is 2. The van der Waals surface area contributed by atoms with Crippen molar-refractivity contribution in [2.45, 2.75) is 24.5 Å². The first-order chi connectivity index (χ1) is 18.7. The van der Waals surface area contributed by atoms with Crippen LogP contribution >= 0.6 is 0 Å². The number of alkyl halides is 2. The van der Waals surface area contributed by atoms with Gasteiger partial charge in [0.1, 0.15) is 11.6 Å². The van der Waals surface area contributed by atoms with E-state index < -0.39 is 16.4 Å². The smallest absolute Gasteiger partial charge is 0.387 e. The van der Waals surface area contributed by atoms with Crippen LogP contribution in [0.5, 0.6) is 11.6 Å². The number of pyridine rings is 1. The molecule has 10 heteroatoms. The second-order valence-corrected chi connectivity index (χ2v) is 11.0. The van der Waals surface area contributed by atoms with Crippen LogP contribution in [0.3, 0.4) is 0 Å². The average Bonchev–Trinajstić information content (AvgIpc) is 3.25. The maximum absolute atomic E-state index is 13.1. The minimum Gasteiger partial charge on any atom is -0.481 e. The van der Waals surface area contributed by atoms with Gasteiger partial charge in [0.05, 0.1) is 29.6 Å². The molecule has 2 aromatic heterocycles. The van der Waals surface area contributed by atoms with Gasteiger partial charge in [-0.15, -0.1) is 0 Å². The summed E-state index contributed by atoms with van der Waals surface area (Å²) in [5.41, 5.74) is 4.75. The first-order valence-corrected chi connectivity index (χ1v) is 13.9. The number of nitrogens with zero attached hydrogens (tertiary/aromatic N) is 3. The number of para-hydroxylation sites is 1. The van der Waals surface area contributed by atoms with Gasteiger partial charge < -0.3 is 14.0 Å². The second kappa shape index (κ2) is 10.8. The zero-order valence-corrected chi connectivity index (χ0v) is 22.0. The summed E-state index contributed by atoms with van der Waals surface area (Å²) in [4.78, 5) is 9.37. The van der Waals surface area contributed by atoms with E-state index in [-0.39, 0.29) is 17.2 Å². The summed E-state index contributed by atoms with van der Waals surface area (Å²) >= 11 is 0. The molecule has 0 radical (unpaired) electrons. The van der Waals surface area contributed by atoms with E-state index in [0.29, 0.717) is 23.7 Å². The lowest BCUT2D eigenvalue weighted by Crippen LogP contribution is -2.10. The Balaban J connectivity index is 1.59. The monoisotopic (exact) mass is 549 g/mol. The fourth-order valence-corrected chi connectivity index (χ4v) is 5.02. The van der Waals surface area contributed by atoms with Gasteiger partial charge in [-0.05, 0) is 47.5 Å². The van der Waals surface area contributed by atoms with E-state index in [1.807, 2.05) is 28.8 Å². The average molecular weight is 550 g/mol. The van der Waals surface area contributed by atoms with Crippen LogP contribution in [-0.4, -0.2) is 42.9 Å². The number of hydrogen-bond acceptors (Lipinski definition) is 6. The number of sulfone groups is 1. The van der Waals surface area contributed by atoms with Gasteiger partial charge in [0, 0.05) is 36.1 Å². The predicted molar refractivity (Wildman–Crippen MR) is 144 cm³/mol. The molecule has 0 spiro atoms. The number of hydrogen-bond donors (Lipinski definition) is 0. The van der Waals surface area contributed by atoms with Crippen LogP contribution in [-0.2, 0) is 22.8 Å². The zero-order chi connectivity index (χ0) is 27.6. The normalized spacial score (nSPS) is 11.7. The van der Waals surface area contributed by atoms with Crippen molar-refractivity contribution in [2.24, 2.45) is 0 Å². The summed E-state index contributed by atoms with van der Waals surface area (Å²) < 4.78 is 61.9. The van der Waals surface area contributed by atoms with Crippen LogP contribution in [0.1, 0.15) is 17.0 Å². The first kappa shape index (κ1) is 26.3. The maximum Gasteiger partial charge on any atom is 0.387 e. The highest BCUT2D eigenvalue weighted by Gasteiger charge is 2.17. The molecule has 0 amide bonds. The molecule has 0 bridgehead atoms. The van der Waals surface area contributed by atoms with Gasteiger partial charge in [-0.25, -0.2) is 18.4 Å². The van der Waals surface area contributed by atoms with Crippen molar-refractivity contribution in [3.8, 4) is 22.8 Å². The van der Waals surface area contributed by atoms with Crippen molar-refractivity contribution < 1.29 is 26.7 Å². The van der Waals surface area contributed by atoms with Crippen LogP contribution in [0, 0.1) is 0 Å². The number of benzene rings is 3. The number of aromatic nitrogens is 3. The molecule has 0 atom stereocenters. The Bertz CT molecular complexity index is 1720. The van der Waals surface area contributed by atoms with E-state index >= 15 is 0 Å². The third kappa shape index (κ3) is 5.91. The Morgan fingerprint density at radius 3 is 2.36 bits per heavy atom. The van der Waals surface area contributed by atoms with E-state index in [1.165, 1.54) is 6.07 Å². The SMILES string of the molecule is COc1ccc(-c2ccc3nc(Cc4ccc(S(C)(=O)=O)cc4)n(Cc4ccccc4OC(F)F)c3c2)cn1. The van der Waals surface area contributed by atoms with Gasteiger partial charge in [-0.2, -0.15) is 8.78 Å². The minimum atomic E-state index is -3.32. The Morgan fingerprint density at radius 2 is 1.69 bits per heavy atom. The quantitative estimate of drug-likeness (QED) is 0.233. The molecule has 0 saturated carbocycles. The Kier molecular flexibility index (Phi) is 7.30. The summed E-state index contributed by atoms with van der Waals surface area (Å²) in [7, 11) is -1.77. The van der Waals surface area contributed by atoms with Crippen LogP contribution in [0.2, 0.25) is 0 Å². The molecule has 0 aliphatic carbocycles. The van der Waals surface area contributed by atoms with Crippen molar-refractivity contribution in [3.05, 3.63) is 102 Å². The maximum atomic E-state index is 13.1. The lowest BCUT2D eigenvalue weighted by Gasteiger charge is -2.14. The molecular weight excluding hydrogens is 524 g/mol. The van der Waals surface area contributed by atoms with Crippen molar-refractivity contribution in [2.75, 3.05) is 13.4 Å². The van der Waals surface area contributed by atoms with E-state index in [4.69, 9.17) is 14.5 Å². The third-order valence-electron chi connectivity index (χ3n) is 6.34. The second-order valence-electron chi connectivity index (χ2n) is 8.99. The van der Waals surface area contributed by atoms with Crippen molar-refractivity contribution in [3.63, 3.8) is 0 Å². The molecule has 0 unspecified atom stereocenters. The molecule has 5 rings (SSSR count). The molecule has 0 N–H and O–H groups in total. The lowest BCUT2D eigenvalue weighted by atomic mass is 10.1. The Labute approximate surface area is 224 Å². The van der Waals surface area contributed by atoms with Gasteiger partial charge >= 0.3 is 6.61 Å². The summed E-state index contributed by atoms with van der Waals surface area (Å²) in [5, 5.41) is 0. The minimum absolute atomic E-state index is 0.0910. The molecular formula is C29H25F2N3O4S. The van der Waals surface area contributed by atoms with E-state index in [9.17, 15) is 17.2 Å². The van der Waals surface area contributed by atoms with Crippen LogP contribution in [0.25, 0.3) is 22.2 Å². The fraction of sp³-hybridized carbons (Fsp3) is 0.172. The zero-order valence-electron chi connectivity index (χ0n) is 21.2. The van der Waals surface area contributed by atoms with Gasteiger partial charge in [-0.1, -0.05) is 36.4 Å². The van der Waals surface area contributed by atoms with Gasteiger partial charge in [0.2, 0.25) is 5.88 Å². The molecule has 2 heterocycles. The summed E-state index contributed by atoms with van der Waals surface area (Å²) in [6.45, 7) is -2.71. The Hall–Kier alpha value is -4.31. The highest BCUT2D eigenvalue weighted by molar-refractivity contribution is 7.90. The van der Waals surface area contributed by atoms with Crippen LogP contribution < -0.4 is 9.47 Å². The number of halogens is 2. The van der Waals surface area contributed by atoms with E-state index in [2.05, 4.69) is 4.98 Å². The topological polar surface area (TPSA) is 83.3 Å². The van der Waals surface area contributed by atoms with Gasteiger partial charge in [0.15, 0.2) is 9.84 Å². The molecule has 39 heavy (non-hydrogen) atoms. The van der Waals surface area contributed by atoms with Crippen molar-refractivity contribution in [1.82, 2.24) is 14.5 Å².